The van der Waals surface area contributed by atoms with Gasteiger partial charge >= 0.3 is 8.80 Å². The van der Waals surface area contributed by atoms with Gasteiger partial charge in [-0.2, -0.15) is 0 Å². The van der Waals surface area contributed by atoms with E-state index in [0.29, 0.717) is 12.1 Å². The molecular weight excluding hydrogens is 549 g/mol. The van der Waals surface area contributed by atoms with E-state index in [1.165, 1.54) is 0 Å². The summed E-state index contributed by atoms with van der Waals surface area (Å²) in [4.78, 5) is 0. The van der Waals surface area contributed by atoms with Crippen molar-refractivity contribution in [1.82, 2.24) is 0 Å². The van der Waals surface area contributed by atoms with Crippen molar-refractivity contribution in [2.75, 3.05) is 0 Å². The third-order valence-electron chi connectivity index (χ3n) is 4.86. The zero-order chi connectivity index (χ0) is 32.0. The predicted octanol–water partition coefficient (Wildman–Crippen LogP) is 6.36. The second kappa shape index (κ2) is 16.6. The molecule has 0 aromatic carbocycles. The van der Waals surface area contributed by atoms with Gasteiger partial charge in [0.1, 0.15) is 28.0 Å². The molecular formula is C33H50O6Si2. The van der Waals surface area contributed by atoms with Crippen molar-refractivity contribution in [3.05, 3.63) is 0 Å². The first kappa shape index (κ1) is 39.0. The molecule has 6 nitrogen and oxygen atoms in total. The first-order chi connectivity index (χ1) is 18.7. The van der Waals surface area contributed by atoms with Crippen molar-refractivity contribution in [3.8, 4) is 59.2 Å². The Morgan fingerprint density at radius 3 is 1.10 bits per heavy atom. The van der Waals surface area contributed by atoms with Gasteiger partial charge in [0.25, 0.3) is 6.48 Å². The third-order valence-corrected chi connectivity index (χ3v) is 9.50. The largest absolute Gasteiger partial charge is 0.504 e. The van der Waals surface area contributed by atoms with Gasteiger partial charge < -0.3 is 27.2 Å². The zero-order valence-electron chi connectivity index (χ0n) is 27.9. The SMILES string of the molecule is CC#CC(C)(C)OC(O[Si]CC[Si](OC(C)(C)C#CC)(OC(C)(C)C#CC)OC(C)(C)C#CC)OC(C)(C)C#CC. The van der Waals surface area contributed by atoms with Gasteiger partial charge in [-0.25, -0.2) is 0 Å². The van der Waals surface area contributed by atoms with E-state index in [1.54, 1.807) is 34.6 Å². The van der Waals surface area contributed by atoms with Crippen LogP contribution in [0.4, 0.5) is 0 Å². The van der Waals surface area contributed by atoms with Gasteiger partial charge in [0.15, 0.2) is 0 Å². The average Bonchev–Trinajstić information content (AvgIpc) is 2.74. The van der Waals surface area contributed by atoms with Crippen molar-refractivity contribution in [1.29, 1.82) is 0 Å². The fourth-order valence-corrected chi connectivity index (χ4v) is 8.81. The Labute approximate surface area is 255 Å². The smallest absolute Gasteiger partial charge is 0.372 e. The summed E-state index contributed by atoms with van der Waals surface area (Å²) < 4.78 is 38.5. The van der Waals surface area contributed by atoms with Crippen LogP contribution in [0.3, 0.4) is 0 Å². The van der Waals surface area contributed by atoms with E-state index < -0.39 is 43.3 Å². The summed E-state index contributed by atoms with van der Waals surface area (Å²) >= 11 is 0. The van der Waals surface area contributed by atoms with Crippen LogP contribution in [0.25, 0.3) is 0 Å². The molecule has 0 bridgehead atoms. The van der Waals surface area contributed by atoms with E-state index in [0.717, 1.165) is 0 Å². The Hall–Kier alpha value is -2.01. The summed E-state index contributed by atoms with van der Waals surface area (Å²) in [5, 5.41) is 0. The predicted molar refractivity (Wildman–Crippen MR) is 169 cm³/mol. The molecule has 0 unspecified atom stereocenters. The highest BCUT2D eigenvalue weighted by Crippen LogP contribution is 2.33. The Kier molecular flexibility index (Phi) is 15.8. The van der Waals surface area contributed by atoms with Crippen LogP contribution in [0, 0.1) is 59.2 Å². The molecule has 226 valence electrons. The normalized spacial score (nSPS) is 12.4. The Balaban J connectivity index is 6.35. The fraction of sp³-hybridized carbons (Fsp3) is 0.697. The minimum absolute atomic E-state index is 0.0356. The van der Waals surface area contributed by atoms with Crippen molar-refractivity contribution in [2.45, 2.75) is 150 Å². The lowest BCUT2D eigenvalue weighted by Crippen LogP contribution is -2.58. The number of hydrogen-bond donors (Lipinski definition) is 0. The first-order valence-electron chi connectivity index (χ1n) is 13.8. The number of rotatable bonds is 15. The van der Waals surface area contributed by atoms with Crippen molar-refractivity contribution in [3.63, 3.8) is 0 Å². The molecule has 0 fully saturated rings. The van der Waals surface area contributed by atoms with Crippen LogP contribution < -0.4 is 0 Å². The van der Waals surface area contributed by atoms with Crippen LogP contribution in [0.5, 0.6) is 0 Å². The van der Waals surface area contributed by atoms with E-state index in [1.807, 2.05) is 69.2 Å². The van der Waals surface area contributed by atoms with Crippen LogP contribution in [0.1, 0.15) is 104 Å². The van der Waals surface area contributed by atoms with Crippen LogP contribution in [0.2, 0.25) is 12.1 Å². The molecule has 2 radical (unpaired) electrons. The number of ether oxygens (including phenoxy) is 2. The Morgan fingerprint density at radius 1 is 0.512 bits per heavy atom. The average molecular weight is 599 g/mol. The van der Waals surface area contributed by atoms with E-state index in [2.05, 4.69) is 59.2 Å². The maximum atomic E-state index is 6.70. The van der Waals surface area contributed by atoms with Gasteiger partial charge in [0.2, 0.25) is 9.76 Å². The summed E-state index contributed by atoms with van der Waals surface area (Å²) in [7, 11) is -3.55. The minimum Gasteiger partial charge on any atom is -0.372 e. The van der Waals surface area contributed by atoms with Gasteiger partial charge in [-0.3, -0.25) is 0 Å². The highest BCUT2D eigenvalue weighted by Gasteiger charge is 2.51. The van der Waals surface area contributed by atoms with Gasteiger partial charge in [0.05, 0.1) is 0 Å². The maximum Gasteiger partial charge on any atom is 0.504 e. The molecule has 41 heavy (non-hydrogen) atoms. The lowest BCUT2D eigenvalue weighted by atomic mass is 10.1. The van der Waals surface area contributed by atoms with Crippen molar-refractivity contribution >= 4 is 18.6 Å². The lowest BCUT2D eigenvalue weighted by Gasteiger charge is -2.42. The third kappa shape index (κ3) is 16.9. The minimum atomic E-state index is -3.51. The molecule has 0 saturated carbocycles. The summed E-state index contributed by atoms with van der Waals surface area (Å²) in [6, 6.07) is 0.961. The van der Waals surface area contributed by atoms with E-state index >= 15 is 0 Å². The first-order valence-corrected chi connectivity index (χ1v) is 16.8. The molecule has 0 aromatic rings. The summed E-state index contributed by atoms with van der Waals surface area (Å²) in [6.07, 6.45) is 0. The number of hydrogen-bond acceptors (Lipinski definition) is 6. The van der Waals surface area contributed by atoms with Gasteiger partial charge in [0, 0.05) is 6.04 Å². The molecule has 0 atom stereocenters. The van der Waals surface area contributed by atoms with Gasteiger partial charge in [-0.1, -0.05) is 29.6 Å². The van der Waals surface area contributed by atoms with Crippen LogP contribution >= 0.6 is 0 Å². The zero-order valence-corrected chi connectivity index (χ0v) is 29.9. The molecule has 0 amide bonds. The molecule has 0 saturated heterocycles. The van der Waals surface area contributed by atoms with Gasteiger partial charge in [-0.15, -0.1) is 29.6 Å². The molecule has 0 aliphatic carbocycles. The summed E-state index contributed by atoms with van der Waals surface area (Å²) in [5.74, 6) is 30.1. The Bertz CT molecular complexity index is 1040. The molecule has 0 N–H and O–H groups in total. The van der Waals surface area contributed by atoms with Crippen molar-refractivity contribution < 1.29 is 27.2 Å². The molecule has 0 rings (SSSR count). The molecule has 8 heteroatoms. The molecule has 0 spiro atoms. The maximum absolute atomic E-state index is 6.70. The lowest BCUT2D eigenvalue weighted by molar-refractivity contribution is -0.301. The molecule has 0 heterocycles. The highest BCUT2D eigenvalue weighted by molar-refractivity contribution is 6.62. The summed E-state index contributed by atoms with van der Waals surface area (Å²) in [5.41, 5.74) is -4.09. The van der Waals surface area contributed by atoms with E-state index in [9.17, 15) is 0 Å². The Morgan fingerprint density at radius 2 is 0.805 bits per heavy atom. The molecule has 0 aromatic heterocycles. The topological polar surface area (TPSA) is 55.4 Å². The standard InChI is InChI=1S/C33H50O6Si2/c1-16-21-29(6,7)34-28(35-30(8,9)22-17-2)36-40-26-27-41(37-31(10,11)23-18-3,38-32(12,13)24-19-4)39-33(14,15)25-20-5/h28H,26-27H2,1-15H3. The van der Waals surface area contributed by atoms with E-state index in [4.69, 9.17) is 27.2 Å². The van der Waals surface area contributed by atoms with Crippen LogP contribution in [0.15, 0.2) is 0 Å². The molecule has 0 aliphatic rings. The van der Waals surface area contributed by atoms with Gasteiger partial charge in [-0.05, 0) is 110 Å². The van der Waals surface area contributed by atoms with Crippen LogP contribution in [-0.2, 0) is 27.2 Å². The molecule has 0 aliphatic heterocycles. The fourth-order valence-electron chi connectivity index (χ4n) is 3.91. The van der Waals surface area contributed by atoms with Crippen LogP contribution in [-0.4, -0.2) is 53.0 Å². The quantitative estimate of drug-likeness (QED) is 0.0947. The monoisotopic (exact) mass is 598 g/mol. The van der Waals surface area contributed by atoms with Crippen molar-refractivity contribution in [2.24, 2.45) is 0 Å². The second-order valence-electron chi connectivity index (χ2n) is 11.7. The van der Waals surface area contributed by atoms with E-state index in [-0.39, 0.29) is 9.76 Å². The highest BCUT2D eigenvalue weighted by atomic mass is 28.4. The second-order valence-corrected chi connectivity index (χ2v) is 15.2. The summed E-state index contributed by atoms with van der Waals surface area (Å²) in [6.45, 7) is 26.7.